The van der Waals surface area contributed by atoms with Crippen LogP contribution in [0.3, 0.4) is 0 Å². The Kier molecular flexibility index (Phi) is 6.62. The number of hydrogen-bond donors (Lipinski definition) is 0. The number of aryl methyl sites for hydroxylation is 2. The van der Waals surface area contributed by atoms with Crippen molar-refractivity contribution in [2.45, 2.75) is 50.2 Å². The molecule has 150 valence electrons. The molecule has 0 saturated carbocycles. The molecule has 0 saturated heterocycles. The molecule has 0 atom stereocenters. The van der Waals surface area contributed by atoms with Gasteiger partial charge in [-0.15, -0.1) is 11.3 Å². The van der Waals surface area contributed by atoms with Gasteiger partial charge in [-0.2, -0.15) is 0 Å². The van der Waals surface area contributed by atoms with Crippen LogP contribution in [-0.4, -0.2) is 29.5 Å². The van der Waals surface area contributed by atoms with E-state index < -0.39 is 9.84 Å². The second kappa shape index (κ2) is 8.80. The molecule has 0 aliphatic heterocycles. The van der Waals surface area contributed by atoms with Gasteiger partial charge >= 0.3 is 0 Å². The fraction of sp³-hybridized carbons (Fsp3) is 0.400. The van der Waals surface area contributed by atoms with Gasteiger partial charge in [0.25, 0.3) is 5.56 Å². The lowest BCUT2D eigenvalue weighted by Crippen LogP contribution is -2.23. The van der Waals surface area contributed by atoms with Crippen molar-refractivity contribution in [2.24, 2.45) is 0 Å². The Hall–Kier alpha value is -1.64. The van der Waals surface area contributed by atoms with Crippen LogP contribution in [0.15, 0.2) is 45.2 Å². The highest BCUT2D eigenvalue weighted by molar-refractivity contribution is 8.00. The maximum atomic E-state index is 13.1. The third-order valence-electron chi connectivity index (χ3n) is 4.67. The second-order valence-electron chi connectivity index (χ2n) is 6.65. The minimum atomic E-state index is -3.35. The lowest BCUT2D eigenvalue weighted by Gasteiger charge is -2.12. The van der Waals surface area contributed by atoms with Crippen molar-refractivity contribution in [2.75, 3.05) is 11.5 Å². The van der Waals surface area contributed by atoms with Crippen LogP contribution in [0, 0.1) is 13.8 Å². The number of thioether (sulfide) groups is 1. The van der Waals surface area contributed by atoms with Gasteiger partial charge in [0.05, 0.1) is 16.0 Å². The Morgan fingerprint density at radius 2 is 1.89 bits per heavy atom. The molecule has 0 aliphatic carbocycles. The van der Waals surface area contributed by atoms with Gasteiger partial charge in [0, 0.05) is 17.2 Å². The lowest BCUT2D eigenvalue weighted by atomic mass is 10.2. The van der Waals surface area contributed by atoms with E-state index in [1.165, 1.54) is 23.1 Å². The number of nitrogens with zero attached hydrogens (tertiary/aromatic N) is 2. The standard InChI is InChI=1S/C20H24N2O3S3/c1-4-5-11-22-19(23)17-14(2)15(3)27-18(17)21-20(22)26-12-13-28(24,25)16-9-7-6-8-10-16/h6-10H,4-5,11-13H2,1-3H3. The molecule has 1 aromatic carbocycles. The minimum absolute atomic E-state index is 0.00581. The summed E-state index contributed by atoms with van der Waals surface area (Å²) in [6.45, 7) is 6.63. The summed E-state index contributed by atoms with van der Waals surface area (Å²) in [5, 5.41) is 1.30. The van der Waals surface area contributed by atoms with E-state index >= 15 is 0 Å². The van der Waals surface area contributed by atoms with Crippen molar-refractivity contribution < 1.29 is 8.42 Å². The van der Waals surface area contributed by atoms with E-state index in [0.29, 0.717) is 27.7 Å². The number of aromatic nitrogens is 2. The molecular weight excluding hydrogens is 412 g/mol. The van der Waals surface area contributed by atoms with Crippen LogP contribution < -0.4 is 5.56 Å². The normalized spacial score (nSPS) is 12.0. The Labute approximate surface area is 173 Å². The second-order valence-corrected chi connectivity index (χ2v) is 11.0. The number of thiophene rings is 1. The number of unbranched alkanes of at least 4 members (excludes halogenated alkanes) is 1. The highest BCUT2D eigenvalue weighted by atomic mass is 32.2. The molecule has 28 heavy (non-hydrogen) atoms. The third kappa shape index (κ3) is 4.34. The van der Waals surface area contributed by atoms with Crippen molar-refractivity contribution in [3.63, 3.8) is 0 Å². The SMILES string of the molecule is CCCCn1c(SCCS(=O)(=O)c2ccccc2)nc2sc(C)c(C)c2c1=O. The van der Waals surface area contributed by atoms with Gasteiger partial charge in [0.1, 0.15) is 4.83 Å². The van der Waals surface area contributed by atoms with E-state index in [9.17, 15) is 13.2 Å². The molecule has 3 rings (SSSR count). The quantitative estimate of drug-likeness (QED) is 0.386. The van der Waals surface area contributed by atoms with Crippen LogP contribution in [0.1, 0.15) is 30.2 Å². The lowest BCUT2D eigenvalue weighted by molar-refractivity contribution is 0.558. The maximum absolute atomic E-state index is 13.1. The summed E-state index contributed by atoms with van der Waals surface area (Å²) in [6.07, 6.45) is 1.85. The van der Waals surface area contributed by atoms with Crippen LogP contribution in [0.4, 0.5) is 0 Å². The van der Waals surface area contributed by atoms with Gasteiger partial charge in [-0.25, -0.2) is 13.4 Å². The molecule has 0 fully saturated rings. The van der Waals surface area contributed by atoms with Crippen LogP contribution >= 0.6 is 23.1 Å². The molecule has 0 unspecified atom stereocenters. The predicted molar refractivity (Wildman–Crippen MR) is 117 cm³/mol. The largest absolute Gasteiger partial charge is 0.287 e. The van der Waals surface area contributed by atoms with Crippen LogP contribution in [0.2, 0.25) is 0 Å². The van der Waals surface area contributed by atoms with Gasteiger partial charge in [-0.1, -0.05) is 43.3 Å². The van der Waals surface area contributed by atoms with Crippen LogP contribution in [0.25, 0.3) is 10.2 Å². The number of fused-ring (bicyclic) bond motifs is 1. The first-order valence-corrected chi connectivity index (χ1v) is 12.7. The molecule has 3 aromatic rings. The van der Waals surface area contributed by atoms with Gasteiger partial charge < -0.3 is 0 Å². The van der Waals surface area contributed by atoms with E-state index in [4.69, 9.17) is 4.98 Å². The smallest absolute Gasteiger partial charge is 0.263 e. The Morgan fingerprint density at radius 3 is 2.57 bits per heavy atom. The summed E-state index contributed by atoms with van der Waals surface area (Å²) in [5.74, 6) is 0.358. The zero-order chi connectivity index (χ0) is 20.3. The summed E-state index contributed by atoms with van der Waals surface area (Å²) in [7, 11) is -3.35. The van der Waals surface area contributed by atoms with E-state index in [1.54, 1.807) is 34.9 Å². The number of rotatable bonds is 8. The molecule has 0 amide bonds. The summed E-state index contributed by atoms with van der Waals surface area (Å²) in [5.41, 5.74) is 0.972. The summed E-state index contributed by atoms with van der Waals surface area (Å²) < 4.78 is 26.7. The average molecular weight is 437 g/mol. The van der Waals surface area contributed by atoms with Crippen molar-refractivity contribution in [1.82, 2.24) is 9.55 Å². The summed E-state index contributed by atoms with van der Waals surface area (Å²) >= 11 is 2.86. The minimum Gasteiger partial charge on any atom is -0.287 e. The Morgan fingerprint density at radius 1 is 1.18 bits per heavy atom. The molecule has 8 heteroatoms. The molecule has 0 bridgehead atoms. The number of sulfone groups is 1. The van der Waals surface area contributed by atoms with E-state index in [2.05, 4.69) is 6.92 Å². The molecule has 0 aliphatic rings. The topological polar surface area (TPSA) is 69.0 Å². The monoisotopic (exact) mass is 436 g/mol. The van der Waals surface area contributed by atoms with Gasteiger partial charge in [-0.05, 0) is 38.0 Å². The molecule has 5 nitrogen and oxygen atoms in total. The first-order valence-electron chi connectivity index (χ1n) is 9.26. The first kappa shape index (κ1) is 21.1. The molecule has 0 radical (unpaired) electrons. The molecule has 2 aromatic heterocycles. The van der Waals surface area contributed by atoms with Crippen LogP contribution in [0.5, 0.6) is 0 Å². The number of hydrogen-bond acceptors (Lipinski definition) is 6. The molecule has 0 N–H and O–H groups in total. The fourth-order valence-electron chi connectivity index (χ4n) is 2.92. The van der Waals surface area contributed by atoms with Gasteiger partial charge in [0.2, 0.25) is 0 Å². The van der Waals surface area contributed by atoms with E-state index in [1.807, 2.05) is 13.8 Å². The zero-order valence-corrected chi connectivity index (χ0v) is 18.7. The maximum Gasteiger partial charge on any atom is 0.263 e. The average Bonchev–Trinajstić information content (AvgIpc) is 2.96. The molecule has 2 heterocycles. The zero-order valence-electron chi connectivity index (χ0n) is 16.3. The third-order valence-corrected chi connectivity index (χ3v) is 8.74. The van der Waals surface area contributed by atoms with Crippen LogP contribution in [-0.2, 0) is 16.4 Å². The van der Waals surface area contributed by atoms with Gasteiger partial charge in [0.15, 0.2) is 15.0 Å². The number of benzene rings is 1. The van der Waals surface area contributed by atoms with Crippen molar-refractivity contribution >= 4 is 43.2 Å². The van der Waals surface area contributed by atoms with E-state index in [0.717, 1.165) is 28.1 Å². The van der Waals surface area contributed by atoms with Crippen molar-refractivity contribution in [1.29, 1.82) is 0 Å². The predicted octanol–water partition coefficient (Wildman–Crippen LogP) is 4.44. The highest BCUT2D eigenvalue weighted by Crippen LogP contribution is 2.28. The van der Waals surface area contributed by atoms with Crippen molar-refractivity contribution in [3.05, 3.63) is 51.1 Å². The highest BCUT2D eigenvalue weighted by Gasteiger charge is 2.18. The Bertz CT molecular complexity index is 1130. The summed E-state index contributed by atoms with van der Waals surface area (Å²) in [4.78, 5) is 19.9. The first-order chi connectivity index (χ1) is 13.3. The van der Waals surface area contributed by atoms with Crippen molar-refractivity contribution in [3.8, 4) is 0 Å². The Balaban J connectivity index is 1.88. The summed E-state index contributed by atoms with van der Waals surface area (Å²) in [6, 6.07) is 8.46. The fourth-order valence-corrected chi connectivity index (χ4v) is 6.69. The van der Waals surface area contributed by atoms with E-state index in [-0.39, 0.29) is 11.3 Å². The van der Waals surface area contributed by atoms with Gasteiger partial charge in [-0.3, -0.25) is 9.36 Å². The molecular formula is C20H24N2O3S3. The molecule has 0 spiro atoms.